The zero-order valence-electron chi connectivity index (χ0n) is 8.88. The maximum Gasteiger partial charge on any atom is 0.337 e. The Morgan fingerprint density at radius 1 is 1.59 bits per heavy atom. The van der Waals surface area contributed by atoms with Crippen molar-refractivity contribution >= 4 is 29.2 Å². The van der Waals surface area contributed by atoms with Gasteiger partial charge in [0.2, 0.25) is 0 Å². The highest BCUT2D eigenvalue weighted by Crippen LogP contribution is 2.22. The van der Waals surface area contributed by atoms with Gasteiger partial charge in [-0.25, -0.2) is 9.78 Å². The minimum absolute atomic E-state index is 0.0431. The smallest absolute Gasteiger partial charge is 0.337 e. The summed E-state index contributed by atoms with van der Waals surface area (Å²) >= 11 is 5.91. The lowest BCUT2D eigenvalue weighted by Gasteiger charge is -2.04. The van der Waals surface area contributed by atoms with Crippen molar-refractivity contribution in [2.24, 2.45) is 7.05 Å². The third-order valence-electron chi connectivity index (χ3n) is 2.05. The van der Waals surface area contributed by atoms with E-state index in [9.17, 15) is 4.79 Å². The summed E-state index contributed by atoms with van der Waals surface area (Å²) in [6, 6.07) is 3.09. The van der Waals surface area contributed by atoms with Crippen molar-refractivity contribution in [3.63, 3.8) is 0 Å². The number of aromatic carboxylic acids is 1. The van der Waals surface area contributed by atoms with Gasteiger partial charge >= 0.3 is 5.97 Å². The molecule has 6 nitrogen and oxygen atoms in total. The quantitative estimate of drug-likeness (QED) is 0.872. The molecule has 0 atom stereocenters. The molecule has 0 aliphatic carbocycles. The van der Waals surface area contributed by atoms with Gasteiger partial charge in [-0.05, 0) is 6.07 Å². The molecule has 7 heteroatoms. The number of aromatic nitrogens is 3. The molecule has 2 aromatic heterocycles. The minimum atomic E-state index is -1.07. The highest BCUT2D eigenvalue weighted by atomic mass is 35.5. The number of carboxylic acid groups (broad SMARTS) is 1. The van der Waals surface area contributed by atoms with E-state index in [1.807, 2.05) is 0 Å². The van der Waals surface area contributed by atoms with Gasteiger partial charge in [0.15, 0.2) is 5.82 Å². The molecule has 2 rings (SSSR count). The van der Waals surface area contributed by atoms with E-state index in [4.69, 9.17) is 16.7 Å². The average Bonchev–Trinajstić information content (AvgIpc) is 2.67. The molecule has 2 N–H and O–H groups in total. The summed E-state index contributed by atoms with van der Waals surface area (Å²) in [5.41, 5.74) is 0.0431. The summed E-state index contributed by atoms with van der Waals surface area (Å²) in [5.74, 6) is -0.107. The molecule has 0 spiro atoms. The first kappa shape index (κ1) is 11.4. The number of nitrogens with zero attached hydrogens (tertiary/aromatic N) is 3. The summed E-state index contributed by atoms with van der Waals surface area (Å²) < 4.78 is 1.63. The van der Waals surface area contributed by atoms with Crippen LogP contribution >= 0.6 is 11.6 Å². The number of anilines is 2. The number of halogens is 1. The van der Waals surface area contributed by atoms with E-state index in [-0.39, 0.29) is 10.6 Å². The van der Waals surface area contributed by atoms with Gasteiger partial charge in [-0.3, -0.25) is 4.68 Å². The Balaban J connectivity index is 2.25. The van der Waals surface area contributed by atoms with Crippen LogP contribution in [-0.2, 0) is 7.05 Å². The first-order valence-electron chi connectivity index (χ1n) is 4.72. The van der Waals surface area contributed by atoms with Crippen LogP contribution in [0.1, 0.15) is 10.4 Å². The number of aryl methyl sites for hydroxylation is 1. The summed E-state index contributed by atoms with van der Waals surface area (Å²) in [6.45, 7) is 0. The minimum Gasteiger partial charge on any atom is -0.478 e. The van der Waals surface area contributed by atoms with Crippen molar-refractivity contribution in [3.05, 3.63) is 35.1 Å². The topological polar surface area (TPSA) is 80.0 Å². The number of hydrogen-bond acceptors (Lipinski definition) is 4. The molecule has 0 saturated carbocycles. The van der Waals surface area contributed by atoms with Gasteiger partial charge in [-0.15, -0.1) is 0 Å². The predicted molar refractivity (Wildman–Crippen MR) is 62.7 cm³/mol. The Labute approximate surface area is 102 Å². The van der Waals surface area contributed by atoms with Crippen molar-refractivity contribution in [3.8, 4) is 0 Å². The van der Waals surface area contributed by atoms with E-state index in [2.05, 4.69) is 15.4 Å². The molecule has 0 fully saturated rings. The van der Waals surface area contributed by atoms with Crippen LogP contribution in [0.3, 0.4) is 0 Å². The highest BCUT2D eigenvalue weighted by Gasteiger charge is 2.09. The Morgan fingerprint density at radius 2 is 2.35 bits per heavy atom. The third kappa shape index (κ3) is 2.54. The molecule has 0 unspecified atom stereocenters. The normalized spacial score (nSPS) is 10.2. The summed E-state index contributed by atoms with van der Waals surface area (Å²) in [7, 11) is 1.79. The first-order valence-corrected chi connectivity index (χ1v) is 5.09. The molecule has 0 bridgehead atoms. The van der Waals surface area contributed by atoms with E-state index >= 15 is 0 Å². The second-order valence-electron chi connectivity index (χ2n) is 3.36. The zero-order chi connectivity index (χ0) is 12.4. The van der Waals surface area contributed by atoms with Crippen LogP contribution in [0.2, 0.25) is 5.02 Å². The van der Waals surface area contributed by atoms with Crippen LogP contribution in [0.4, 0.5) is 11.6 Å². The number of carboxylic acids is 1. The van der Waals surface area contributed by atoms with E-state index in [0.29, 0.717) is 11.6 Å². The lowest BCUT2D eigenvalue weighted by atomic mass is 10.3. The Kier molecular flexibility index (Phi) is 2.97. The molecule has 0 aliphatic rings. The molecule has 0 saturated heterocycles. The summed E-state index contributed by atoms with van der Waals surface area (Å²) in [4.78, 5) is 14.6. The number of pyridine rings is 1. The van der Waals surface area contributed by atoms with Crippen LogP contribution in [0, 0.1) is 0 Å². The fourth-order valence-corrected chi connectivity index (χ4v) is 1.46. The molecule has 0 radical (unpaired) electrons. The van der Waals surface area contributed by atoms with Gasteiger partial charge < -0.3 is 10.4 Å². The summed E-state index contributed by atoms with van der Waals surface area (Å²) in [6.07, 6.45) is 3.00. The Morgan fingerprint density at radius 3 is 2.88 bits per heavy atom. The monoisotopic (exact) mass is 252 g/mol. The number of nitrogens with one attached hydrogen (secondary N) is 1. The van der Waals surface area contributed by atoms with E-state index in [0.717, 1.165) is 0 Å². The molecular formula is C10H9ClN4O2. The zero-order valence-corrected chi connectivity index (χ0v) is 9.64. The lowest BCUT2D eigenvalue weighted by molar-refractivity contribution is 0.0696. The second kappa shape index (κ2) is 4.42. The molecule has 88 valence electrons. The van der Waals surface area contributed by atoms with E-state index in [1.54, 1.807) is 24.0 Å². The lowest BCUT2D eigenvalue weighted by Crippen LogP contribution is -2.01. The molecule has 17 heavy (non-hydrogen) atoms. The largest absolute Gasteiger partial charge is 0.478 e. The van der Waals surface area contributed by atoms with Gasteiger partial charge in [-0.2, -0.15) is 5.10 Å². The van der Waals surface area contributed by atoms with Gasteiger partial charge in [0.1, 0.15) is 5.82 Å². The highest BCUT2D eigenvalue weighted by molar-refractivity contribution is 6.33. The third-order valence-corrected chi connectivity index (χ3v) is 2.34. The number of rotatable bonds is 3. The second-order valence-corrected chi connectivity index (χ2v) is 3.77. The maximum atomic E-state index is 10.7. The van der Waals surface area contributed by atoms with Crippen molar-refractivity contribution < 1.29 is 9.90 Å². The van der Waals surface area contributed by atoms with Gasteiger partial charge in [0.25, 0.3) is 0 Å². The predicted octanol–water partition coefficient (Wildman–Crippen LogP) is 1.91. The van der Waals surface area contributed by atoms with E-state index < -0.39 is 5.97 Å². The van der Waals surface area contributed by atoms with E-state index in [1.165, 1.54) is 12.3 Å². The van der Waals surface area contributed by atoms with Crippen molar-refractivity contribution in [1.82, 2.24) is 14.8 Å². The van der Waals surface area contributed by atoms with Crippen LogP contribution in [0.25, 0.3) is 0 Å². The molecule has 0 amide bonds. The van der Waals surface area contributed by atoms with Crippen molar-refractivity contribution in [2.75, 3.05) is 5.32 Å². The first-order chi connectivity index (χ1) is 8.06. The Bertz CT molecular complexity index is 567. The van der Waals surface area contributed by atoms with Crippen LogP contribution in [0.15, 0.2) is 24.5 Å². The van der Waals surface area contributed by atoms with Crippen molar-refractivity contribution in [1.29, 1.82) is 0 Å². The maximum absolute atomic E-state index is 10.7. The molecule has 2 heterocycles. The van der Waals surface area contributed by atoms with Gasteiger partial charge in [-0.1, -0.05) is 11.6 Å². The molecule has 0 aromatic carbocycles. The fraction of sp³-hybridized carbons (Fsp3) is 0.100. The van der Waals surface area contributed by atoms with Crippen LogP contribution in [0.5, 0.6) is 0 Å². The van der Waals surface area contributed by atoms with Crippen LogP contribution < -0.4 is 5.32 Å². The SMILES string of the molecule is Cn1ccc(Nc2ncc(C(=O)O)cc2Cl)n1. The van der Waals surface area contributed by atoms with Gasteiger partial charge in [0, 0.05) is 25.5 Å². The Hall–Kier alpha value is -2.08. The fourth-order valence-electron chi connectivity index (χ4n) is 1.25. The molecular weight excluding hydrogens is 244 g/mol. The molecule has 0 aliphatic heterocycles. The van der Waals surface area contributed by atoms with Crippen LogP contribution in [-0.4, -0.2) is 25.8 Å². The number of hydrogen-bond donors (Lipinski definition) is 2. The number of carbonyl (C=O) groups is 1. The average molecular weight is 253 g/mol. The van der Waals surface area contributed by atoms with Gasteiger partial charge in [0.05, 0.1) is 10.6 Å². The standard InChI is InChI=1S/C10H9ClN4O2/c1-15-3-2-8(14-15)13-9-7(11)4-6(5-12-9)10(16)17/h2-5H,1H3,(H,16,17)(H,12,13,14). The summed E-state index contributed by atoms with van der Waals surface area (Å²) in [5, 5.41) is 16.0. The molecule has 2 aromatic rings. The van der Waals surface area contributed by atoms with Crippen molar-refractivity contribution in [2.45, 2.75) is 0 Å².